The molecule has 0 radical (unpaired) electrons. The van der Waals surface area contributed by atoms with E-state index in [-0.39, 0.29) is 0 Å². The summed E-state index contributed by atoms with van der Waals surface area (Å²) in [6.45, 7) is 4.30. The normalized spacial score (nSPS) is 25.8. The van der Waals surface area contributed by atoms with Gasteiger partial charge in [0.1, 0.15) is 0 Å². The molecule has 1 aromatic carbocycles. The van der Waals surface area contributed by atoms with Crippen LogP contribution >= 0.6 is 0 Å². The standard InChI is InChI=1S/C13H20N2O/c1-10-6-7-15(9-13(10)16-2)12-5-3-4-11(14)8-12/h3-5,8,10,13H,6-7,9,14H2,1-2H3. The second-order valence-corrected chi connectivity index (χ2v) is 4.58. The summed E-state index contributed by atoms with van der Waals surface area (Å²) in [5.41, 5.74) is 7.83. The van der Waals surface area contributed by atoms with Crippen LogP contribution in [0.4, 0.5) is 11.4 Å². The second-order valence-electron chi connectivity index (χ2n) is 4.58. The van der Waals surface area contributed by atoms with E-state index >= 15 is 0 Å². The maximum atomic E-state index is 5.80. The van der Waals surface area contributed by atoms with Gasteiger partial charge in [-0.1, -0.05) is 13.0 Å². The van der Waals surface area contributed by atoms with Crippen LogP contribution < -0.4 is 10.6 Å². The fraction of sp³-hybridized carbons (Fsp3) is 0.538. The van der Waals surface area contributed by atoms with Crippen molar-refractivity contribution in [2.24, 2.45) is 5.92 Å². The number of hydrogen-bond donors (Lipinski definition) is 1. The van der Waals surface area contributed by atoms with Crippen molar-refractivity contribution < 1.29 is 4.74 Å². The van der Waals surface area contributed by atoms with Gasteiger partial charge >= 0.3 is 0 Å². The van der Waals surface area contributed by atoms with Crippen LogP contribution in [0.5, 0.6) is 0 Å². The van der Waals surface area contributed by atoms with Gasteiger partial charge in [-0.25, -0.2) is 0 Å². The molecule has 88 valence electrons. The quantitative estimate of drug-likeness (QED) is 0.776. The molecule has 0 aromatic heterocycles. The van der Waals surface area contributed by atoms with E-state index < -0.39 is 0 Å². The average molecular weight is 220 g/mol. The van der Waals surface area contributed by atoms with Crippen LogP contribution in [0.3, 0.4) is 0 Å². The minimum atomic E-state index is 0.329. The first-order valence-electron chi connectivity index (χ1n) is 5.84. The van der Waals surface area contributed by atoms with Crippen molar-refractivity contribution in [1.82, 2.24) is 0 Å². The van der Waals surface area contributed by atoms with Crippen molar-refractivity contribution in [3.63, 3.8) is 0 Å². The molecule has 16 heavy (non-hydrogen) atoms. The number of nitrogens with two attached hydrogens (primary N) is 1. The van der Waals surface area contributed by atoms with E-state index in [0.717, 1.165) is 18.8 Å². The Bertz CT molecular complexity index is 354. The maximum Gasteiger partial charge on any atom is 0.0772 e. The molecule has 3 nitrogen and oxygen atoms in total. The zero-order chi connectivity index (χ0) is 11.5. The molecule has 1 aliphatic heterocycles. The molecule has 1 saturated heterocycles. The molecule has 1 fully saturated rings. The van der Waals surface area contributed by atoms with Gasteiger partial charge in [0.15, 0.2) is 0 Å². The summed E-state index contributed by atoms with van der Waals surface area (Å²) in [5, 5.41) is 0. The summed E-state index contributed by atoms with van der Waals surface area (Å²) in [4.78, 5) is 2.35. The van der Waals surface area contributed by atoms with Crippen molar-refractivity contribution >= 4 is 11.4 Å². The predicted octanol–water partition coefficient (Wildman–Crippen LogP) is 2.13. The Kier molecular flexibility index (Phi) is 3.34. The molecule has 2 unspecified atom stereocenters. The smallest absolute Gasteiger partial charge is 0.0772 e. The van der Waals surface area contributed by atoms with Crippen LogP contribution in [0.2, 0.25) is 0 Å². The molecule has 0 bridgehead atoms. The van der Waals surface area contributed by atoms with Gasteiger partial charge in [0.25, 0.3) is 0 Å². The third-order valence-electron chi connectivity index (χ3n) is 3.43. The SMILES string of the molecule is COC1CN(c2cccc(N)c2)CCC1C. The number of hydrogen-bond acceptors (Lipinski definition) is 3. The number of nitrogen functional groups attached to an aromatic ring is 1. The van der Waals surface area contributed by atoms with E-state index in [2.05, 4.69) is 17.9 Å². The lowest BCUT2D eigenvalue weighted by Gasteiger charge is -2.37. The third-order valence-corrected chi connectivity index (χ3v) is 3.43. The van der Waals surface area contributed by atoms with E-state index in [9.17, 15) is 0 Å². The summed E-state index contributed by atoms with van der Waals surface area (Å²) in [7, 11) is 1.80. The van der Waals surface area contributed by atoms with E-state index in [4.69, 9.17) is 10.5 Å². The first-order chi connectivity index (χ1) is 7.70. The highest BCUT2D eigenvalue weighted by atomic mass is 16.5. The number of rotatable bonds is 2. The Hall–Kier alpha value is -1.22. The van der Waals surface area contributed by atoms with Crippen molar-refractivity contribution in [1.29, 1.82) is 0 Å². The molecule has 1 aromatic rings. The lowest BCUT2D eigenvalue weighted by Crippen LogP contribution is -2.43. The molecular formula is C13H20N2O. The molecule has 0 spiro atoms. The van der Waals surface area contributed by atoms with Gasteiger partial charge in [0.2, 0.25) is 0 Å². The lowest BCUT2D eigenvalue weighted by atomic mass is 9.95. The number of benzene rings is 1. The van der Waals surface area contributed by atoms with Gasteiger partial charge in [-0.2, -0.15) is 0 Å². The fourth-order valence-corrected chi connectivity index (χ4v) is 2.30. The van der Waals surface area contributed by atoms with Gasteiger partial charge < -0.3 is 15.4 Å². The van der Waals surface area contributed by atoms with E-state index in [1.165, 1.54) is 12.1 Å². The van der Waals surface area contributed by atoms with Crippen LogP contribution in [0.25, 0.3) is 0 Å². The minimum Gasteiger partial charge on any atom is -0.399 e. The van der Waals surface area contributed by atoms with Gasteiger partial charge in [0.05, 0.1) is 6.10 Å². The summed E-state index contributed by atoms with van der Waals surface area (Å²) in [6.07, 6.45) is 1.50. The molecule has 0 saturated carbocycles. The molecule has 2 rings (SSSR count). The number of anilines is 2. The third kappa shape index (κ3) is 2.30. The van der Waals surface area contributed by atoms with E-state index in [1.807, 2.05) is 18.2 Å². The Morgan fingerprint density at radius 2 is 2.25 bits per heavy atom. The van der Waals surface area contributed by atoms with Crippen LogP contribution in [-0.2, 0) is 4.74 Å². The Balaban J connectivity index is 2.11. The largest absolute Gasteiger partial charge is 0.399 e. The van der Waals surface area contributed by atoms with Crippen molar-refractivity contribution in [3.05, 3.63) is 24.3 Å². The first kappa shape index (κ1) is 11.3. The van der Waals surface area contributed by atoms with Gasteiger partial charge in [-0.05, 0) is 30.5 Å². The Morgan fingerprint density at radius 1 is 1.44 bits per heavy atom. The second kappa shape index (κ2) is 4.74. The van der Waals surface area contributed by atoms with Crippen molar-refractivity contribution in [2.45, 2.75) is 19.4 Å². The molecule has 3 heteroatoms. The molecule has 2 atom stereocenters. The highest BCUT2D eigenvalue weighted by Gasteiger charge is 2.25. The molecule has 2 N–H and O–H groups in total. The Labute approximate surface area is 97.2 Å². The minimum absolute atomic E-state index is 0.329. The maximum absolute atomic E-state index is 5.80. The van der Waals surface area contributed by atoms with Crippen LogP contribution in [0.15, 0.2) is 24.3 Å². The van der Waals surface area contributed by atoms with Crippen LogP contribution in [0, 0.1) is 5.92 Å². The molecule has 1 aliphatic rings. The summed E-state index contributed by atoms with van der Waals surface area (Å²) in [6, 6.07) is 8.07. The highest BCUT2D eigenvalue weighted by molar-refractivity contribution is 5.56. The first-order valence-corrected chi connectivity index (χ1v) is 5.84. The highest BCUT2D eigenvalue weighted by Crippen LogP contribution is 2.25. The average Bonchev–Trinajstić information content (AvgIpc) is 2.29. The predicted molar refractivity (Wildman–Crippen MR) is 67.6 cm³/mol. The number of methoxy groups -OCH3 is 1. The molecule has 0 aliphatic carbocycles. The summed E-state index contributed by atoms with van der Waals surface area (Å²) < 4.78 is 5.51. The van der Waals surface area contributed by atoms with E-state index in [0.29, 0.717) is 12.0 Å². The van der Waals surface area contributed by atoms with Crippen LogP contribution in [0.1, 0.15) is 13.3 Å². The van der Waals surface area contributed by atoms with Gasteiger partial charge in [-0.3, -0.25) is 0 Å². The van der Waals surface area contributed by atoms with Crippen LogP contribution in [-0.4, -0.2) is 26.3 Å². The zero-order valence-corrected chi connectivity index (χ0v) is 10.0. The number of piperidine rings is 1. The molecule has 0 amide bonds. The Morgan fingerprint density at radius 3 is 2.94 bits per heavy atom. The number of nitrogens with zero attached hydrogens (tertiary/aromatic N) is 1. The lowest BCUT2D eigenvalue weighted by molar-refractivity contribution is 0.0498. The monoisotopic (exact) mass is 220 g/mol. The van der Waals surface area contributed by atoms with Gasteiger partial charge in [-0.15, -0.1) is 0 Å². The molecular weight excluding hydrogens is 200 g/mol. The number of ether oxygens (including phenoxy) is 1. The van der Waals surface area contributed by atoms with Crippen molar-refractivity contribution in [3.8, 4) is 0 Å². The fourth-order valence-electron chi connectivity index (χ4n) is 2.30. The topological polar surface area (TPSA) is 38.5 Å². The van der Waals surface area contributed by atoms with Gasteiger partial charge in [0, 0.05) is 31.6 Å². The summed E-state index contributed by atoms with van der Waals surface area (Å²) >= 11 is 0. The molecule has 1 heterocycles. The van der Waals surface area contributed by atoms with E-state index in [1.54, 1.807) is 7.11 Å². The summed E-state index contributed by atoms with van der Waals surface area (Å²) in [5.74, 6) is 0.641. The zero-order valence-electron chi connectivity index (χ0n) is 10.0. The van der Waals surface area contributed by atoms with Crippen molar-refractivity contribution in [2.75, 3.05) is 30.8 Å².